The average Bonchev–Trinajstić information content (AvgIpc) is 2.97. The molecule has 2 fully saturated rings. The molecule has 1 spiro atoms. The number of carbonyl (C=O) groups is 3. The molecule has 3 rings (SSSR count). The van der Waals surface area contributed by atoms with Crippen molar-refractivity contribution in [1.82, 2.24) is 14.8 Å². The fourth-order valence-corrected chi connectivity index (χ4v) is 4.05. The number of hydrogen-bond donors (Lipinski definition) is 1. The lowest BCUT2D eigenvalue weighted by atomic mass is 9.77. The maximum atomic E-state index is 12.4. The number of carboxylic acids is 1. The van der Waals surface area contributed by atoms with Crippen LogP contribution in [0.15, 0.2) is 24.5 Å². The van der Waals surface area contributed by atoms with Crippen LogP contribution < -0.4 is 0 Å². The summed E-state index contributed by atoms with van der Waals surface area (Å²) >= 11 is 1.57. The van der Waals surface area contributed by atoms with Crippen LogP contribution in [0.3, 0.4) is 0 Å². The Morgan fingerprint density at radius 1 is 1.30 bits per heavy atom. The smallest absolute Gasteiger partial charge is 0.475 e. The first-order valence-electron chi connectivity index (χ1n) is 9.30. The molecule has 2 saturated heterocycles. The molecule has 11 heteroatoms. The fraction of sp³-hybridized carbons (Fsp3) is 0.579. The summed E-state index contributed by atoms with van der Waals surface area (Å²) in [5, 5.41) is 7.12. The molecule has 3 heterocycles. The lowest BCUT2D eigenvalue weighted by molar-refractivity contribution is -0.192. The number of rotatable bonds is 4. The highest BCUT2D eigenvalue weighted by Crippen LogP contribution is 2.41. The lowest BCUT2D eigenvalue weighted by Crippen LogP contribution is -2.44. The number of likely N-dealkylation sites (tertiary alicyclic amines) is 2. The highest BCUT2D eigenvalue weighted by molar-refractivity contribution is 7.99. The monoisotopic (exact) mass is 447 g/mol. The Morgan fingerprint density at radius 2 is 1.93 bits per heavy atom. The molecular formula is C19H24F3N3O4S. The number of carboxylic acid groups (broad SMARTS) is 1. The molecule has 7 nitrogen and oxygen atoms in total. The summed E-state index contributed by atoms with van der Waals surface area (Å²) in [6, 6.07) is 3.91. The van der Waals surface area contributed by atoms with Crippen LogP contribution in [-0.2, 0) is 20.9 Å². The Kier molecular flexibility index (Phi) is 8.10. The van der Waals surface area contributed by atoms with Crippen molar-refractivity contribution in [3.63, 3.8) is 0 Å². The summed E-state index contributed by atoms with van der Waals surface area (Å²) < 4.78 is 31.7. The van der Waals surface area contributed by atoms with Crippen molar-refractivity contribution >= 4 is 29.5 Å². The Balaban J connectivity index is 0.000000396. The Hall–Kier alpha value is -2.30. The number of carbonyl (C=O) groups excluding carboxylic acids is 2. The number of alkyl halides is 3. The van der Waals surface area contributed by atoms with Crippen molar-refractivity contribution in [2.75, 3.05) is 31.6 Å². The van der Waals surface area contributed by atoms with Crippen LogP contribution in [0.4, 0.5) is 13.2 Å². The second kappa shape index (κ2) is 10.1. The van der Waals surface area contributed by atoms with Crippen LogP contribution in [-0.4, -0.2) is 75.5 Å². The van der Waals surface area contributed by atoms with Crippen molar-refractivity contribution < 1.29 is 32.7 Å². The van der Waals surface area contributed by atoms with E-state index in [2.05, 4.69) is 4.98 Å². The molecule has 0 radical (unpaired) electrons. The number of halogens is 3. The topological polar surface area (TPSA) is 90.8 Å². The lowest BCUT2D eigenvalue weighted by Gasteiger charge is -2.38. The molecule has 2 aliphatic rings. The molecular weight excluding hydrogens is 423 g/mol. The quantitative estimate of drug-likeness (QED) is 0.763. The summed E-state index contributed by atoms with van der Waals surface area (Å²) in [4.78, 5) is 41.3. The molecule has 1 aromatic rings. The molecule has 0 aliphatic carbocycles. The Morgan fingerprint density at radius 3 is 2.43 bits per heavy atom. The van der Waals surface area contributed by atoms with E-state index in [1.807, 2.05) is 34.4 Å². The molecule has 30 heavy (non-hydrogen) atoms. The van der Waals surface area contributed by atoms with E-state index >= 15 is 0 Å². The zero-order chi connectivity index (χ0) is 22.4. The summed E-state index contributed by atoms with van der Waals surface area (Å²) in [6.45, 7) is 3.02. The minimum atomic E-state index is -5.08. The molecule has 0 atom stereocenters. The van der Waals surface area contributed by atoms with Crippen LogP contribution in [0, 0.1) is 5.41 Å². The number of piperidine rings is 1. The molecule has 1 N–H and O–H groups in total. The van der Waals surface area contributed by atoms with Gasteiger partial charge in [-0.25, -0.2) is 4.79 Å². The molecule has 166 valence electrons. The van der Waals surface area contributed by atoms with Gasteiger partial charge in [0.25, 0.3) is 0 Å². The predicted octanol–water partition coefficient (Wildman–Crippen LogP) is 2.42. The molecule has 2 amide bonds. The zero-order valence-electron chi connectivity index (χ0n) is 16.5. The van der Waals surface area contributed by atoms with Gasteiger partial charge in [-0.05, 0) is 30.7 Å². The zero-order valence-corrected chi connectivity index (χ0v) is 17.3. The van der Waals surface area contributed by atoms with Gasteiger partial charge in [-0.3, -0.25) is 14.6 Å². The maximum Gasteiger partial charge on any atom is 0.490 e. The van der Waals surface area contributed by atoms with Gasteiger partial charge in [0, 0.05) is 50.4 Å². The van der Waals surface area contributed by atoms with Crippen LogP contribution in [0.25, 0.3) is 0 Å². The first-order valence-corrected chi connectivity index (χ1v) is 10.7. The van der Waals surface area contributed by atoms with E-state index in [0.717, 1.165) is 38.0 Å². The average molecular weight is 447 g/mol. The highest BCUT2D eigenvalue weighted by Gasteiger charge is 2.45. The first-order chi connectivity index (χ1) is 14.1. The van der Waals surface area contributed by atoms with Gasteiger partial charge >= 0.3 is 12.1 Å². The van der Waals surface area contributed by atoms with Gasteiger partial charge in [-0.1, -0.05) is 6.07 Å². The Labute approximate surface area is 176 Å². The molecule has 0 unspecified atom stereocenters. The van der Waals surface area contributed by atoms with Gasteiger partial charge in [0.1, 0.15) is 0 Å². The van der Waals surface area contributed by atoms with Crippen molar-refractivity contribution in [3.8, 4) is 0 Å². The molecule has 2 aliphatic heterocycles. The van der Waals surface area contributed by atoms with E-state index in [9.17, 15) is 22.8 Å². The number of thioether (sulfide) groups is 1. The first kappa shape index (κ1) is 24.0. The van der Waals surface area contributed by atoms with Crippen molar-refractivity contribution in [3.05, 3.63) is 30.1 Å². The van der Waals surface area contributed by atoms with Crippen molar-refractivity contribution in [2.24, 2.45) is 5.41 Å². The second-order valence-corrected chi connectivity index (χ2v) is 8.27. The van der Waals surface area contributed by atoms with Gasteiger partial charge in [-0.15, -0.1) is 0 Å². The summed E-state index contributed by atoms with van der Waals surface area (Å²) in [5.74, 6) is -1.74. The number of hydrogen-bond acceptors (Lipinski definition) is 5. The normalized spacial score (nSPS) is 18.2. The van der Waals surface area contributed by atoms with E-state index in [4.69, 9.17) is 9.90 Å². The molecule has 0 saturated carbocycles. The van der Waals surface area contributed by atoms with Crippen molar-refractivity contribution in [2.45, 2.75) is 32.0 Å². The highest BCUT2D eigenvalue weighted by atomic mass is 32.2. The molecule has 0 aromatic carbocycles. The fourth-order valence-electron chi connectivity index (χ4n) is 3.62. The third kappa shape index (κ3) is 6.61. The third-order valence-corrected chi connectivity index (χ3v) is 5.72. The van der Waals surface area contributed by atoms with Gasteiger partial charge in [0.2, 0.25) is 11.8 Å². The third-order valence-electron chi connectivity index (χ3n) is 5.19. The van der Waals surface area contributed by atoms with E-state index in [1.165, 1.54) is 0 Å². The van der Waals surface area contributed by atoms with Gasteiger partial charge in [-0.2, -0.15) is 24.9 Å². The van der Waals surface area contributed by atoms with Crippen LogP contribution in [0.2, 0.25) is 0 Å². The van der Waals surface area contributed by atoms with E-state index in [0.29, 0.717) is 18.7 Å². The molecule has 1 aromatic heterocycles. The second-order valence-electron chi connectivity index (χ2n) is 7.40. The number of amides is 2. The Bertz CT molecular complexity index is 753. The van der Waals surface area contributed by atoms with E-state index < -0.39 is 12.1 Å². The van der Waals surface area contributed by atoms with Gasteiger partial charge < -0.3 is 14.9 Å². The minimum absolute atomic E-state index is 0.0649. The van der Waals surface area contributed by atoms with Gasteiger partial charge in [0.05, 0.1) is 5.75 Å². The predicted molar refractivity (Wildman–Crippen MR) is 105 cm³/mol. The number of aliphatic carboxylic acids is 1. The van der Waals surface area contributed by atoms with E-state index in [-0.39, 0.29) is 17.2 Å². The number of aromatic nitrogens is 1. The number of pyridine rings is 1. The van der Waals surface area contributed by atoms with Crippen molar-refractivity contribution in [1.29, 1.82) is 0 Å². The SMILES string of the molecule is CSCC(=O)N1CCC2(CC1)CC(=O)N(Cc1cccnc1)C2.O=C(O)C(F)(F)F. The summed E-state index contributed by atoms with van der Waals surface area (Å²) in [5.41, 5.74) is 1.14. The van der Waals surface area contributed by atoms with Crippen LogP contribution >= 0.6 is 11.8 Å². The van der Waals surface area contributed by atoms with E-state index in [1.54, 1.807) is 18.0 Å². The largest absolute Gasteiger partial charge is 0.490 e. The minimum Gasteiger partial charge on any atom is -0.475 e. The van der Waals surface area contributed by atoms with Gasteiger partial charge in [0.15, 0.2) is 0 Å². The maximum absolute atomic E-state index is 12.4. The van der Waals surface area contributed by atoms with Crippen LogP contribution in [0.5, 0.6) is 0 Å². The summed E-state index contributed by atoms with van der Waals surface area (Å²) in [6.07, 6.45) is 2.93. The number of nitrogens with zero attached hydrogens (tertiary/aromatic N) is 3. The molecule has 0 bridgehead atoms. The van der Waals surface area contributed by atoms with Crippen LogP contribution in [0.1, 0.15) is 24.8 Å². The summed E-state index contributed by atoms with van der Waals surface area (Å²) in [7, 11) is 0. The standard InChI is InChI=1S/C17H23N3O2S.C2HF3O2/c1-23-12-16(22)19-7-4-17(5-8-19)9-15(21)20(13-17)11-14-3-2-6-18-10-14;3-2(4,5)1(6)7/h2-3,6,10H,4-5,7-9,11-13H2,1H3;(H,6,7).